The normalized spacial score (nSPS) is 21.2. The number of halogens is 1. The van der Waals surface area contributed by atoms with Crippen molar-refractivity contribution in [2.75, 3.05) is 5.08 Å². The van der Waals surface area contributed by atoms with Gasteiger partial charge in [-0.2, -0.15) is 4.40 Å². The molecule has 0 bridgehead atoms. The quantitative estimate of drug-likeness (QED) is 0.476. The summed E-state index contributed by atoms with van der Waals surface area (Å²) in [4.78, 5) is 0. The topological polar surface area (TPSA) is 12.4 Å². The molecule has 0 aromatic rings. The maximum Gasteiger partial charge on any atom is 0.171 e. The van der Waals surface area contributed by atoms with Gasteiger partial charge >= 0.3 is 0 Å². The Labute approximate surface area is 49.7 Å². The van der Waals surface area contributed by atoms with E-state index in [1.807, 2.05) is 0 Å². The number of hydrogen-bond acceptors (Lipinski definition) is 3. The van der Waals surface area contributed by atoms with E-state index >= 15 is 0 Å². The molecule has 1 heterocycles. The third-order valence-corrected chi connectivity index (χ3v) is 2.53. The first kappa shape index (κ1) is 4.81. The number of nitrogens with zero attached hydrogens (tertiary/aromatic N) is 1. The van der Waals surface area contributed by atoms with E-state index in [2.05, 4.69) is 4.40 Å². The lowest BCUT2D eigenvalue weighted by atomic mass is 11.7. The Morgan fingerprint density at radius 2 is 2.67 bits per heavy atom. The summed E-state index contributed by atoms with van der Waals surface area (Å²) >= 11 is 8.48. The Hall–Kier alpha value is 0.660. The maximum atomic E-state index is 5.40. The summed E-state index contributed by atoms with van der Waals surface area (Å²) in [5.74, 6) is 0. The zero-order valence-electron chi connectivity index (χ0n) is 2.85. The van der Waals surface area contributed by atoms with Gasteiger partial charge in [-0.05, 0) is 11.9 Å². The second-order valence-electron chi connectivity index (χ2n) is 0.736. The van der Waals surface area contributed by atoms with Gasteiger partial charge in [0.15, 0.2) is 4.50 Å². The summed E-state index contributed by atoms with van der Waals surface area (Å²) in [5, 5.41) is 0.985. The fourth-order valence-electron chi connectivity index (χ4n) is 0.178. The largest absolute Gasteiger partial charge is 0.196 e. The van der Waals surface area contributed by atoms with Crippen LogP contribution >= 0.6 is 35.3 Å². The molecule has 0 aromatic carbocycles. The third-order valence-electron chi connectivity index (χ3n) is 0.367. The molecule has 0 aromatic heterocycles. The van der Waals surface area contributed by atoms with Crippen LogP contribution in [0, 0.1) is 0 Å². The van der Waals surface area contributed by atoms with Crippen LogP contribution < -0.4 is 0 Å². The molecule has 4 heteroatoms. The fraction of sp³-hybridized carbons (Fsp3) is 0.500. The lowest BCUT2D eigenvalue weighted by Gasteiger charge is -1.71. The zero-order valence-corrected chi connectivity index (χ0v) is 5.24. The van der Waals surface area contributed by atoms with E-state index in [4.69, 9.17) is 11.6 Å². The Morgan fingerprint density at radius 3 is 2.83 bits per heavy atom. The predicted octanol–water partition coefficient (Wildman–Crippen LogP) is 1.93. The Morgan fingerprint density at radius 1 is 1.83 bits per heavy atom. The van der Waals surface area contributed by atoms with Crippen LogP contribution in [0.2, 0.25) is 0 Å². The van der Waals surface area contributed by atoms with Crippen molar-refractivity contribution in [2.45, 2.75) is 0 Å². The average molecular weight is 140 g/mol. The molecule has 0 unspecified atom stereocenters. The monoisotopic (exact) mass is 139 g/mol. The van der Waals surface area contributed by atoms with E-state index in [9.17, 15) is 0 Å². The van der Waals surface area contributed by atoms with E-state index in [-0.39, 0.29) is 0 Å². The van der Waals surface area contributed by atoms with Gasteiger partial charge in [-0.15, -0.1) is 0 Å². The van der Waals surface area contributed by atoms with E-state index in [1.165, 1.54) is 11.9 Å². The van der Waals surface area contributed by atoms with Gasteiger partial charge in [-0.1, -0.05) is 23.4 Å². The second kappa shape index (κ2) is 2.09. The van der Waals surface area contributed by atoms with Crippen LogP contribution in [0.5, 0.6) is 0 Å². The highest BCUT2D eigenvalue weighted by atomic mass is 35.5. The minimum absolute atomic E-state index is 0.681. The van der Waals surface area contributed by atoms with Crippen LogP contribution in [0.1, 0.15) is 0 Å². The van der Waals surface area contributed by atoms with Crippen LogP contribution in [-0.2, 0) is 0 Å². The number of hydrogen-bond donors (Lipinski definition) is 0. The number of rotatable bonds is 0. The standard InChI is InChI=1S/C2H2ClNS2/c3-2-4-6-1-5-2/h1H2. The fourth-order valence-corrected chi connectivity index (χ4v) is 2.01. The number of thioether (sulfide) groups is 1. The van der Waals surface area contributed by atoms with Crippen LogP contribution in [0.15, 0.2) is 4.40 Å². The molecule has 1 nitrogen and oxygen atoms in total. The molecular weight excluding hydrogens is 138 g/mol. The van der Waals surface area contributed by atoms with E-state index in [1.54, 1.807) is 11.8 Å². The lowest BCUT2D eigenvalue weighted by molar-refractivity contribution is 2.01. The molecule has 0 fully saturated rings. The first-order valence-corrected chi connectivity index (χ1v) is 3.68. The van der Waals surface area contributed by atoms with Crippen molar-refractivity contribution >= 4 is 39.8 Å². The molecule has 6 heavy (non-hydrogen) atoms. The maximum absolute atomic E-state index is 5.40. The summed E-state index contributed by atoms with van der Waals surface area (Å²) in [6.07, 6.45) is 0. The molecule has 0 radical (unpaired) electrons. The molecular formula is C2H2ClNS2. The van der Waals surface area contributed by atoms with Crippen molar-refractivity contribution in [3.8, 4) is 0 Å². The van der Waals surface area contributed by atoms with Crippen molar-refractivity contribution in [1.29, 1.82) is 0 Å². The first-order valence-electron chi connectivity index (χ1n) is 1.38. The molecule has 1 rings (SSSR count). The highest BCUT2D eigenvalue weighted by Crippen LogP contribution is 2.25. The SMILES string of the molecule is ClC1=NSCS1. The Kier molecular flexibility index (Phi) is 1.68. The van der Waals surface area contributed by atoms with Gasteiger partial charge < -0.3 is 0 Å². The van der Waals surface area contributed by atoms with Gasteiger partial charge in [-0.25, -0.2) is 0 Å². The molecule has 0 amide bonds. The molecule has 1 aliphatic heterocycles. The summed E-state index contributed by atoms with van der Waals surface area (Å²) in [6.45, 7) is 0. The van der Waals surface area contributed by atoms with Gasteiger partial charge in [0.25, 0.3) is 0 Å². The third kappa shape index (κ3) is 1.06. The predicted molar refractivity (Wildman–Crippen MR) is 33.3 cm³/mol. The highest BCUT2D eigenvalue weighted by molar-refractivity contribution is 8.28. The van der Waals surface area contributed by atoms with E-state index in [0.717, 1.165) is 5.08 Å². The molecule has 0 aliphatic carbocycles. The van der Waals surface area contributed by atoms with Crippen LogP contribution in [0.25, 0.3) is 0 Å². The van der Waals surface area contributed by atoms with Gasteiger partial charge in [0.1, 0.15) is 0 Å². The van der Waals surface area contributed by atoms with E-state index in [0.29, 0.717) is 4.50 Å². The Balaban J connectivity index is 2.45. The molecule has 0 atom stereocenters. The van der Waals surface area contributed by atoms with Gasteiger partial charge in [0, 0.05) is 0 Å². The minimum Gasteiger partial charge on any atom is -0.196 e. The first-order chi connectivity index (χ1) is 2.89. The molecule has 0 N–H and O–H groups in total. The summed E-state index contributed by atoms with van der Waals surface area (Å²) < 4.78 is 4.48. The lowest BCUT2D eigenvalue weighted by Crippen LogP contribution is -1.63. The molecule has 0 saturated carbocycles. The van der Waals surface area contributed by atoms with Crippen LogP contribution in [0.4, 0.5) is 0 Å². The van der Waals surface area contributed by atoms with Crippen molar-refractivity contribution in [3.05, 3.63) is 0 Å². The smallest absolute Gasteiger partial charge is 0.171 e. The zero-order chi connectivity index (χ0) is 4.41. The van der Waals surface area contributed by atoms with E-state index < -0.39 is 0 Å². The van der Waals surface area contributed by atoms with Gasteiger partial charge in [0.2, 0.25) is 0 Å². The second-order valence-corrected chi connectivity index (χ2v) is 3.38. The highest BCUT2D eigenvalue weighted by Gasteiger charge is 2.01. The van der Waals surface area contributed by atoms with Crippen molar-refractivity contribution in [3.63, 3.8) is 0 Å². The van der Waals surface area contributed by atoms with Crippen molar-refractivity contribution < 1.29 is 0 Å². The van der Waals surface area contributed by atoms with Crippen LogP contribution in [0.3, 0.4) is 0 Å². The Bertz CT molecular complexity index is 81.6. The minimum atomic E-state index is 0.681. The molecule has 0 spiro atoms. The summed E-state index contributed by atoms with van der Waals surface area (Å²) in [6, 6.07) is 0. The molecule has 34 valence electrons. The summed E-state index contributed by atoms with van der Waals surface area (Å²) in [5.41, 5.74) is 0. The van der Waals surface area contributed by atoms with Crippen LogP contribution in [-0.4, -0.2) is 9.59 Å². The van der Waals surface area contributed by atoms with Gasteiger partial charge in [-0.3, -0.25) is 0 Å². The summed E-state index contributed by atoms with van der Waals surface area (Å²) in [7, 11) is 0. The van der Waals surface area contributed by atoms with Gasteiger partial charge in [0.05, 0.1) is 5.08 Å². The molecule has 0 saturated heterocycles. The van der Waals surface area contributed by atoms with Crippen molar-refractivity contribution in [2.24, 2.45) is 4.40 Å². The van der Waals surface area contributed by atoms with Crippen molar-refractivity contribution in [1.82, 2.24) is 0 Å². The molecule has 1 aliphatic rings. The average Bonchev–Trinajstić information content (AvgIpc) is 1.86.